The normalized spacial score (nSPS) is 16.4. The van der Waals surface area contributed by atoms with Crippen LogP contribution in [0.1, 0.15) is 51.5 Å². The average Bonchev–Trinajstić information content (AvgIpc) is 3.19. The molecule has 2 N–H and O–H groups in total. The highest BCUT2D eigenvalue weighted by Crippen LogP contribution is 2.39. The summed E-state index contributed by atoms with van der Waals surface area (Å²) in [6, 6.07) is 3.29. The van der Waals surface area contributed by atoms with Crippen molar-refractivity contribution in [3.05, 3.63) is 23.8 Å². The van der Waals surface area contributed by atoms with Crippen LogP contribution in [0.15, 0.2) is 18.2 Å². The zero-order chi connectivity index (χ0) is 22.8. The number of unbranched alkanes of at least 4 members (excludes halogenated alkanes) is 1. The summed E-state index contributed by atoms with van der Waals surface area (Å²) in [6.45, 7) is 2.42. The Morgan fingerprint density at radius 1 is 1.13 bits per heavy atom. The quantitative estimate of drug-likeness (QED) is 0.218. The van der Waals surface area contributed by atoms with Crippen molar-refractivity contribution in [2.24, 2.45) is 0 Å². The monoisotopic (exact) mass is 469 g/mol. The summed E-state index contributed by atoms with van der Waals surface area (Å²) in [5.41, 5.74) is 0.510. The Labute approximate surface area is 189 Å². The van der Waals surface area contributed by atoms with Gasteiger partial charge in [-0.2, -0.15) is 0 Å². The second-order valence-electron chi connectivity index (χ2n) is 7.21. The van der Waals surface area contributed by atoms with E-state index in [9.17, 15) is 24.3 Å². The van der Waals surface area contributed by atoms with E-state index in [0.29, 0.717) is 17.2 Å². The molecule has 1 aromatic rings. The molecule has 1 fully saturated rings. The molecule has 1 aromatic carbocycles. The molecule has 2 atom stereocenters. The van der Waals surface area contributed by atoms with Gasteiger partial charge < -0.3 is 19.9 Å². The summed E-state index contributed by atoms with van der Waals surface area (Å²) in [7, 11) is 3.79. The van der Waals surface area contributed by atoms with Crippen LogP contribution in [0.25, 0.3) is 0 Å². The molecule has 0 radical (unpaired) electrons. The number of hydrogen-bond donors (Lipinski definition) is 2. The van der Waals surface area contributed by atoms with Crippen LogP contribution in [0.3, 0.4) is 0 Å². The fourth-order valence-electron chi connectivity index (χ4n) is 3.08. The first-order valence-electron chi connectivity index (χ1n) is 10.0. The first-order chi connectivity index (χ1) is 14.7. The Morgan fingerprint density at radius 2 is 1.84 bits per heavy atom. The molecule has 0 saturated carbocycles. The second-order valence-corrected chi connectivity index (χ2v) is 9.99. The van der Waals surface area contributed by atoms with Gasteiger partial charge in [0.2, 0.25) is 5.91 Å². The van der Waals surface area contributed by atoms with Crippen LogP contribution >= 0.6 is 21.6 Å². The topological polar surface area (TPSA) is 119 Å². The molecule has 0 bridgehead atoms. The number of ether oxygens (including phenoxy) is 2. The highest BCUT2D eigenvalue weighted by atomic mass is 33.1. The molecule has 8 nitrogen and oxygen atoms in total. The van der Waals surface area contributed by atoms with Crippen LogP contribution in [-0.2, 0) is 25.6 Å². The second kappa shape index (κ2) is 12.6. The van der Waals surface area contributed by atoms with Crippen molar-refractivity contribution in [2.45, 2.75) is 63.7 Å². The fraction of sp³-hybridized carbons (Fsp3) is 0.524. The molecular formula is C21H27NO7S2. The lowest BCUT2D eigenvalue weighted by Gasteiger charge is -2.16. The standard InChI is InChI=1S/C21H27NO7S2/c1-13(23)28-18-8-7-15(12-19(18)29-14(2)24)11-17(21(26)27)22-20(25)6-4-3-5-16-9-10-30-31-16/h7-8,12,16-17H,3-6,9-11H2,1-2H3,(H,22,25)(H,26,27). The van der Waals surface area contributed by atoms with Gasteiger partial charge in [0.15, 0.2) is 11.5 Å². The number of aliphatic carboxylic acids is 1. The van der Waals surface area contributed by atoms with E-state index in [1.165, 1.54) is 38.2 Å². The SMILES string of the molecule is CC(=O)Oc1ccc(CC(NC(=O)CCCCC2CCSS2)C(=O)O)cc1OC(C)=O. The Balaban J connectivity index is 1.93. The number of amides is 1. The summed E-state index contributed by atoms with van der Waals surface area (Å²) in [6.07, 6.45) is 4.19. The van der Waals surface area contributed by atoms with Crippen LogP contribution in [-0.4, -0.2) is 46.0 Å². The molecule has 0 aliphatic carbocycles. The number of carbonyl (C=O) groups excluding carboxylic acids is 3. The van der Waals surface area contributed by atoms with E-state index < -0.39 is 23.9 Å². The van der Waals surface area contributed by atoms with Crippen LogP contribution < -0.4 is 14.8 Å². The van der Waals surface area contributed by atoms with Crippen LogP contribution in [0.5, 0.6) is 11.5 Å². The molecule has 1 saturated heterocycles. The summed E-state index contributed by atoms with van der Waals surface area (Å²) in [4.78, 5) is 46.4. The lowest BCUT2D eigenvalue weighted by molar-refractivity contribution is -0.141. The number of carboxylic acids is 1. The van der Waals surface area contributed by atoms with Gasteiger partial charge in [-0.3, -0.25) is 14.4 Å². The van der Waals surface area contributed by atoms with Gasteiger partial charge in [-0.15, -0.1) is 0 Å². The number of hydrogen-bond acceptors (Lipinski definition) is 8. The minimum absolute atomic E-state index is 0.00831. The lowest BCUT2D eigenvalue weighted by Crippen LogP contribution is -2.42. The molecule has 1 amide bonds. The molecule has 1 heterocycles. The maximum atomic E-state index is 12.2. The molecule has 2 unspecified atom stereocenters. The minimum atomic E-state index is -1.16. The molecule has 0 spiro atoms. The van der Waals surface area contributed by atoms with Gasteiger partial charge >= 0.3 is 17.9 Å². The smallest absolute Gasteiger partial charge is 0.326 e. The number of nitrogens with one attached hydrogen (secondary N) is 1. The average molecular weight is 470 g/mol. The Bertz CT molecular complexity index is 809. The van der Waals surface area contributed by atoms with Crippen molar-refractivity contribution in [3.63, 3.8) is 0 Å². The van der Waals surface area contributed by atoms with Gasteiger partial charge in [-0.05, 0) is 37.0 Å². The molecule has 170 valence electrons. The van der Waals surface area contributed by atoms with E-state index >= 15 is 0 Å². The van der Waals surface area contributed by atoms with E-state index in [2.05, 4.69) is 5.32 Å². The van der Waals surface area contributed by atoms with Gasteiger partial charge in [0.05, 0.1) is 0 Å². The van der Waals surface area contributed by atoms with Crippen molar-refractivity contribution in [2.75, 3.05) is 5.75 Å². The third-order valence-corrected chi connectivity index (χ3v) is 7.50. The van der Waals surface area contributed by atoms with E-state index in [1.807, 2.05) is 21.6 Å². The molecule has 1 aliphatic rings. The Hall–Kier alpha value is -2.20. The molecule has 2 rings (SSSR count). The minimum Gasteiger partial charge on any atom is -0.480 e. The van der Waals surface area contributed by atoms with Crippen LogP contribution in [0.2, 0.25) is 0 Å². The van der Waals surface area contributed by atoms with E-state index in [4.69, 9.17) is 9.47 Å². The van der Waals surface area contributed by atoms with Crippen molar-refractivity contribution in [3.8, 4) is 11.5 Å². The maximum absolute atomic E-state index is 12.2. The van der Waals surface area contributed by atoms with Crippen LogP contribution in [0, 0.1) is 0 Å². The number of benzene rings is 1. The summed E-state index contributed by atoms with van der Waals surface area (Å²) in [5.74, 6) is -1.41. The van der Waals surface area contributed by atoms with Gasteiger partial charge in [-0.25, -0.2) is 4.79 Å². The highest BCUT2D eigenvalue weighted by molar-refractivity contribution is 8.77. The predicted molar refractivity (Wildman–Crippen MR) is 119 cm³/mol. The zero-order valence-electron chi connectivity index (χ0n) is 17.5. The first kappa shape index (κ1) is 25.1. The van der Waals surface area contributed by atoms with Gasteiger partial charge in [0.25, 0.3) is 0 Å². The van der Waals surface area contributed by atoms with Crippen molar-refractivity contribution < 1.29 is 33.8 Å². The van der Waals surface area contributed by atoms with Gasteiger partial charge in [0.1, 0.15) is 6.04 Å². The third kappa shape index (κ3) is 9.22. The predicted octanol–water partition coefficient (Wildman–Crippen LogP) is 3.36. The lowest BCUT2D eigenvalue weighted by atomic mass is 10.0. The zero-order valence-corrected chi connectivity index (χ0v) is 19.2. The molecular weight excluding hydrogens is 442 g/mol. The van der Waals surface area contributed by atoms with Crippen molar-refractivity contribution in [1.82, 2.24) is 5.32 Å². The Kier molecular flexibility index (Phi) is 10.2. The van der Waals surface area contributed by atoms with Gasteiger partial charge in [-0.1, -0.05) is 34.1 Å². The molecule has 31 heavy (non-hydrogen) atoms. The number of carbonyl (C=O) groups is 4. The summed E-state index contributed by atoms with van der Waals surface area (Å²) in [5, 5.41) is 12.7. The maximum Gasteiger partial charge on any atom is 0.326 e. The van der Waals surface area contributed by atoms with E-state index in [-0.39, 0.29) is 30.2 Å². The third-order valence-electron chi connectivity index (χ3n) is 4.50. The number of rotatable bonds is 11. The Morgan fingerprint density at radius 3 is 2.45 bits per heavy atom. The largest absolute Gasteiger partial charge is 0.480 e. The van der Waals surface area contributed by atoms with Crippen molar-refractivity contribution in [1.29, 1.82) is 0 Å². The van der Waals surface area contributed by atoms with E-state index in [1.54, 1.807) is 6.07 Å². The number of carboxylic acid groups (broad SMARTS) is 1. The molecule has 0 aromatic heterocycles. The summed E-state index contributed by atoms with van der Waals surface area (Å²) < 4.78 is 10.1. The molecule has 10 heteroatoms. The van der Waals surface area contributed by atoms with Crippen molar-refractivity contribution >= 4 is 45.4 Å². The van der Waals surface area contributed by atoms with Gasteiger partial charge in [0, 0.05) is 37.7 Å². The number of esters is 2. The highest BCUT2D eigenvalue weighted by Gasteiger charge is 2.22. The summed E-state index contributed by atoms with van der Waals surface area (Å²) >= 11 is 0. The fourth-order valence-corrected chi connectivity index (χ4v) is 6.11. The first-order valence-corrected chi connectivity index (χ1v) is 12.4. The van der Waals surface area contributed by atoms with E-state index in [0.717, 1.165) is 12.8 Å². The molecule has 1 aliphatic heterocycles. The van der Waals surface area contributed by atoms with Crippen LogP contribution in [0.4, 0.5) is 0 Å².